The van der Waals surface area contributed by atoms with Gasteiger partial charge in [-0.3, -0.25) is 0 Å². The third-order valence-electron chi connectivity index (χ3n) is 3.41. The van der Waals surface area contributed by atoms with Gasteiger partial charge in [0.2, 0.25) is 9.84 Å². The van der Waals surface area contributed by atoms with Crippen molar-refractivity contribution in [1.29, 1.82) is 0 Å². The Bertz CT molecular complexity index is 811. The van der Waals surface area contributed by atoms with Gasteiger partial charge in [0, 0.05) is 0 Å². The molecule has 0 unspecified atom stereocenters. The fourth-order valence-electron chi connectivity index (χ4n) is 1.97. The molecule has 0 aliphatic rings. The Kier molecular flexibility index (Phi) is 5.33. The van der Waals surface area contributed by atoms with Crippen LogP contribution in [-0.2, 0) is 9.84 Å². The molecule has 0 spiro atoms. The van der Waals surface area contributed by atoms with Crippen LogP contribution in [0.25, 0.3) is 0 Å². The van der Waals surface area contributed by atoms with Crippen LogP contribution >= 0.6 is 0 Å². The Morgan fingerprint density at radius 3 is 1.96 bits per heavy atom. The molecular formula is C17H16F2O4S. The summed E-state index contributed by atoms with van der Waals surface area (Å²) in [6.45, 7) is 4.08. The quantitative estimate of drug-likeness (QED) is 0.601. The normalized spacial score (nSPS) is 11.8. The van der Waals surface area contributed by atoms with E-state index in [1.165, 1.54) is 0 Å². The molecule has 7 heteroatoms. The second kappa shape index (κ2) is 7.09. The first-order valence-electron chi connectivity index (χ1n) is 7.16. The van der Waals surface area contributed by atoms with Gasteiger partial charge in [0.25, 0.3) is 0 Å². The molecule has 0 aliphatic carbocycles. The van der Waals surface area contributed by atoms with Gasteiger partial charge in [0.15, 0.2) is 0 Å². The fourth-order valence-corrected chi connectivity index (χ4v) is 2.69. The molecular weight excluding hydrogens is 338 g/mol. The van der Waals surface area contributed by atoms with Gasteiger partial charge >= 0.3 is 11.7 Å². The number of alkyl halides is 2. The Hall–Kier alpha value is -2.28. The van der Waals surface area contributed by atoms with E-state index in [4.69, 9.17) is 4.74 Å². The summed E-state index contributed by atoms with van der Waals surface area (Å²) in [5.41, 5.74) is 1.16. The first-order chi connectivity index (χ1) is 11.2. The lowest BCUT2D eigenvalue weighted by Gasteiger charge is -2.08. The predicted molar refractivity (Wildman–Crippen MR) is 85.1 cm³/mol. The molecule has 0 aromatic heterocycles. The highest BCUT2D eigenvalue weighted by Gasteiger charge is 2.26. The lowest BCUT2D eigenvalue weighted by molar-refractivity contribution is 0.0734. The van der Waals surface area contributed by atoms with Gasteiger partial charge in [-0.2, -0.15) is 8.78 Å². The maximum atomic E-state index is 12.5. The summed E-state index contributed by atoms with van der Waals surface area (Å²) in [5, 5.41) is 0. The van der Waals surface area contributed by atoms with E-state index in [2.05, 4.69) is 0 Å². The zero-order valence-electron chi connectivity index (χ0n) is 13.1. The van der Waals surface area contributed by atoms with Gasteiger partial charge in [-0.15, -0.1) is 0 Å². The monoisotopic (exact) mass is 354 g/mol. The van der Waals surface area contributed by atoms with E-state index in [1.807, 2.05) is 26.0 Å². The van der Waals surface area contributed by atoms with Crippen molar-refractivity contribution in [1.82, 2.24) is 0 Å². The Morgan fingerprint density at radius 1 is 0.958 bits per heavy atom. The van der Waals surface area contributed by atoms with Crippen LogP contribution in [0.2, 0.25) is 0 Å². The minimum absolute atomic E-state index is 0.0659. The molecule has 128 valence electrons. The van der Waals surface area contributed by atoms with E-state index in [0.29, 0.717) is 11.7 Å². The molecule has 0 saturated heterocycles. The minimum Gasteiger partial charge on any atom is -0.423 e. The highest BCUT2D eigenvalue weighted by atomic mass is 32.2. The molecule has 0 aliphatic heterocycles. The number of hydrogen-bond donors (Lipinski definition) is 0. The van der Waals surface area contributed by atoms with Crippen molar-refractivity contribution in [3.63, 3.8) is 0 Å². The van der Waals surface area contributed by atoms with Crippen LogP contribution in [0.15, 0.2) is 53.4 Å². The van der Waals surface area contributed by atoms with E-state index in [-0.39, 0.29) is 5.56 Å². The van der Waals surface area contributed by atoms with Crippen molar-refractivity contribution in [3.05, 3.63) is 59.7 Å². The van der Waals surface area contributed by atoms with Gasteiger partial charge < -0.3 is 4.74 Å². The van der Waals surface area contributed by atoms with Crippen molar-refractivity contribution in [3.8, 4) is 5.75 Å². The van der Waals surface area contributed by atoms with Crippen molar-refractivity contribution in [2.24, 2.45) is 0 Å². The molecule has 0 N–H and O–H groups in total. The highest BCUT2D eigenvalue weighted by Crippen LogP contribution is 2.21. The lowest BCUT2D eigenvalue weighted by atomic mass is 10.0. The third kappa shape index (κ3) is 3.97. The number of hydrogen-bond acceptors (Lipinski definition) is 4. The highest BCUT2D eigenvalue weighted by molar-refractivity contribution is 7.91. The second-order valence-corrected chi connectivity index (χ2v) is 7.36. The van der Waals surface area contributed by atoms with Crippen molar-refractivity contribution < 1.29 is 26.7 Å². The topological polar surface area (TPSA) is 60.4 Å². The van der Waals surface area contributed by atoms with Crippen LogP contribution in [0.4, 0.5) is 8.78 Å². The average Bonchev–Trinajstić information content (AvgIpc) is 2.55. The summed E-state index contributed by atoms with van der Waals surface area (Å²) >= 11 is 0. The van der Waals surface area contributed by atoms with E-state index in [0.717, 1.165) is 29.8 Å². The van der Waals surface area contributed by atoms with Crippen LogP contribution < -0.4 is 4.74 Å². The first-order valence-corrected chi connectivity index (χ1v) is 8.70. The maximum Gasteiger partial charge on any atom is 0.343 e. The number of rotatable bonds is 5. The number of benzene rings is 2. The van der Waals surface area contributed by atoms with Gasteiger partial charge in [-0.05, 0) is 47.9 Å². The molecule has 2 rings (SSSR count). The van der Waals surface area contributed by atoms with Crippen LogP contribution in [0.5, 0.6) is 5.75 Å². The van der Waals surface area contributed by atoms with Crippen LogP contribution in [0.1, 0.15) is 35.7 Å². The summed E-state index contributed by atoms with van der Waals surface area (Å²) in [4.78, 5) is 11.5. The largest absolute Gasteiger partial charge is 0.423 e. The van der Waals surface area contributed by atoms with Gasteiger partial charge in [0.1, 0.15) is 5.75 Å². The Morgan fingerprint density at radius 2 is 1.50 bits per heavy atom. The number of esters is 1. The smallest absolute Gasteiger partial charge is 0.343 e. The second-order valence-electron chi connectivity index (χ2n) is 5.44. The number of sulfone groups is 1. The summed E-state index contributed by atoms with van der Waals surface area (Å²) < 4.78 is 52.7. The summed E-state index contributed by atoms with van der Waals surface area (Å²) in [7, 11) is -4.68. The van der Waals surface area contributed by atoms with Crippen LogP contribution in [-0.4, -0.2) is 20.1 Å². The SMILES string of the molecule is CC(C)c1ccc(OC(=O)c2ccc(S(=O)(=O)C(F)F)cc2)cc1. The van der Waals surface area contributed by atoms with Crippen molar-refractivity contribution >= 4 is 15.8 Å². The molecule has 24 heavy (non-hydrogen) atoms. The molecule has 2 aromatic carbocycles. The molecule has 0 amide bonds. The summed E-state index contributed by atoms with van der Waals surface area (Å²) in [5.74, 6) is -3.52. The fraction of sp³-hybridized carbons (Fsp3) is 0.235. The van der Waals surface area contributed by atoms with Crippen molar-refractivity contribution in [2.75, 3.05) is 0 Å². The van der Waals surface area contributed by atoms with Crippen LogP contribution in [0.3, 0.4) is 0 Å². The molecule has 4 nitrogen and oxygen atoms in total. The minimum atomic E-state index is -4.68. The first kappa shape index (κ1) is 18.1. The summed E-state index contributed by atoms with van der Waals surface area (Å²) in [6, 6.07) is 11.2. The van der Waals surface area contributed by atoms with Gasteiger partial charge in [-0.25, -0.2) is 13.2 Å². The molecule has 0 fully saturated rings. The average molecular weight is 354 g/mol. The molecule has 0 atom stereocenters. The number of carbonyl (C=O) groups is 1. The van der Waals surface area contributed by atoms with E-state index < -0.39 is 26.5 Å². The number of ether oxygens (including phenoxy) is 1. The van der Waals surface area contributed by atoms with Gasteiger partial charge in [-0.1, -0.05) is 26.0 Å². The standard InChI is InChI=1S/C17H16F2O4S/c1-11(2)12-3-7-14(8-4-12)23-16(20)13-5-9-15(10-6-13)24(21,22)17(18)19/h3-11,17H,1-2H3. The lowest BCUT2D eigenvalue weighted by Crippen LogP contribution is -2.12. The molecule has 2 aromatic rings. The molecule has 0 saturated carbocycles. The van der Waals surface area contributed by atoms with E-state index in [1.54, 1.807) is 12.1 Å². The predicted octanol–water partition coefficient (Wildman–Crippen LogP) is 4.03. The van der Waals surface area contributed by atoms with Crippen LogP contribution in [0, 0.1) is 0 Å². The molecule has 0 bridgehead atoms. The molecule has 0 radical (unpaired) electrons. The number of carbonyl (C=O) groups excluding carboxylic acids is 1. The van der Waals surface area contributed by atoms with E-state index in [9.17, 15) is 22.0 Å². The number of halogens is 2. The van der Waals surface area contributed by atoms with Crippen molar-refractivity contribution in [2.45, 2.75) is 30.4 Å². The third-order valence-corrected chi connectivity index (χ3v) is 4.81. The zero-order valence-corrected chi connectivity index (χ0v) is 13.9. The Labute approximate surface area is 139 Å². The van der Waals surface area contributed by atoms with Gasteiger partial charge in [0.05, 0.1) is 10.5 Å². The Balaban J connectivity index is 2.13. The molecule has 0 heterocycles. The zero-order chi connectivity index (χ0) is 17.9. The summed E-state index contributed by atoms with van der Waals surface area (Å²) in [6.07, 6.45) is 0. The van der Waals surface area contributed by atoms with E-state index >= 15 is 0 Å². The maximum absolute atomic E-state index is 12.5.